The Morgan fingerprint density at radius 2 is 1.82 bits per heavy atom. The van der Waals surface area contributed by atoms with Crippen molar-refractivity contribution < 1.29 is 9.47 Å². The van der Waals surface area contributed by atoms with E-state index in [4.69, 9.17) is 9.47 Å². The molecule has 0 radical (unpaired) electrons. The first-order chi connectivity index (χ1) is 8.35. The normalized spacial score (nSPS) is 12.1. The maximum Gasteiger partial charge on any atom is 0.128 e. The van der Waals surface area contributed by atoms with E-state index in [2.05, 4.69) is 17.4 Å². The van der Waals surface area contributed by atoms with Crippen molar-refractivity contribution in [1.82, 2.24) is 0 Å². The Morgan fingerprint density at radius 1 is 1.06 bits per heavy atom. The van der Waals surface area contributed by atoms with Gasteiger partial charge in [-0.15, -0.1) is 0 Å². The number of benzene rings is 2. The molecule has 1 N–H and O–H groups in total. The van der Waals surface area contributed by atoms with Gasteiger partial charge in [-0.2, -0.15) is 0 Å². The largest absolute Gasteiger partial charge is 0.497 e. The Hall–Kier alpha value is -2.16. The number of rotatable bonds is 3. The quantitative estimate of drug-likeness (QED) is 0.872. The summed E-state index contributed by atoms with van der Waals surface area (Å²) in [5, 5.41) is 3.32. The van der Waals surface area contributed by atoms with E-state index >= 15 is 0 Å². The maximum absolute atomic E-state index is 5.33. The predicted molar refractivity (Wildman–Crippen MR) is 67.1 cm³/mol. The van der Waals surface area contributed by atoms with Crippen LogP contribution in [0, 0.1) is 0 Å². The molecule has 0 bridgehead atoms. The van der Waals surface area contributed by atoms with Crippen LogP contribution in [0.4, 0.5) is 11.4 Å². The lowest BCUT2D eigenvalue weighted by atomic mass is 10.1. The number of hydrogen-bond acceptors (Lipinski definition) is 3. The van der Waals surface area contributed by atoms with Crippen molar-refractivity contribution in [3.63, 3.8) is 0 Å². The highest BCUT2D eigenvalue weighted by atomic mass is 16.5. The van der Waals surface area contributed by atoms with Gasteiger partial charge in [0.25, 0.3) is 0 Å². The third kappa shape index (κ3) is 1.91. The van der Waals surface area contributed by atoms with Crippen LogP contribution >= 0.6 is 0 Å². The number of fused-ring (bicyclic) bond motifs is 1. The lowest BCUT2D eigenvalue weighted by Crippen LogP contribution is -2.09. The van der Waals surface area contributed by atoms with Gasteiger partial charge in [0, 0.05) is 23.0 Å². The smallest absolute Gasteiger partial charge is 0.128 e. The van der Waals surface area contributed by atoms with Crippen molar-refractivity contribution in [2.75, 3.05) is 12.4 Å². The van der Waals surface area contributed by atoms with Crippen LogP contribution in [0.15, 0.2) is 42.5 Å². The Labute approximate surface area is 100.0 Å². The highest BCUT2D eigenvalue weighted by Crippen LogP contribution is 2.32. The monoisotopic (exact) mass is 227 g/mol. The third-order valence-corrected chi connectivity index (χ3v) is 2.83. The van der Waals surface area contributed by atoms with Gasteiger partial charge in [-0.1, -0.05) is 0 Å². The molecule has 0 spiro atoms. The van der Waals surface area contributed by atoms with Gasteiger partial charge in [0.15, 0.2) is 0 Å². The SMILES string of the molecule is COc1ccc(Nc2ccc3c(c2)OC3)cc1. The molecule has 1 heterocycles. The van der Waals surface area contributed by atoms with Crippen LogP contribution in [0.3, 0.4) is 0 Å². The zero-order valence-electron chi connectivity index (χ0n) is 9.57. The van der Waals surface area contributed by atoms with Gasteiger partial charge in [0.1, 0.15) is 18.1 Å². The van der Waals surface area contributed by atoms with Gasteiger partial charge in [-0.25, -0.2) is 0 Å². The lowest BCUT2D eigenvalue weighted by Gasteiger charge is -2.21. The maximum atomic E-state index is 5.33. The molecule has 3 nitrogen and oxygen atoms in total. The first-order valence-corrected chi connectivity index (χ1v) is 5.52. The van der Waals surface area contributed by atoms with Crippen LogP contribution in [-0.4, -0.2) is 7.11 Å². The molecule has 0 aliphatic carbocycles. The van der Waals surface area contributed by atoms with E-state index in [1.54, 1.807) is 7.11 Å². The summed E-state index contributed by atoms with van der Waals surface area (Å²) in [7, 11) is 1.66. The van der Waals surface area contributed by atoms with Gasteiger partial charge in [-0.05, 0) is 36.4 Å². The molecule has 0 unspecified atom stereocenters. The molecule has 0 amide bonds. The van der Waals surface area contributed by atoms with Crippen LogP contribution in [0.2, 0.25) is 0 Å². The zero-order chi connectivity index (χ0) is 11.7. The van der Waals surface area contributed by atoms with Crippen molar-refractivity contribution in [1.29, 1.82) is 0 Å². The van der Waals surface area contributed by atoms with Crippen LogP contribution < -0.4 is 14.8 Å². The van der Waals surface area contributed by atoms with Crippen molar-refractivity contribution in [3.8, 4) is 11.5 Å². The second-order valence-corrected chi connectivity index (χ2v) is 3.96. The number of ether oxygens (including phenoxy) is 2. The highest BCUT2D eigenvalue weighted by Gasteiger charge is 2.14. The fraction of sp³-hybridized carbons (Fsp3) is 0.143. The molecule has 0 saturated carbocycles. The summed E-state index contributed by atoms with van der Waals surface area (Å²) in [4.78, 5) is 0. The molecule has 1 aliphatic rings. The molecule has 2 aromatic rings. The van der Waals surface area contributed by atoms with Gasteiger partial charge in [0.05, 0.1) is 7.11 Å². The Morgan fingerprint density at radius 3 is 2.41 bits per heavy atom. The van der Waals surface area contributed by atoms with Crippen molar-refractivity contribution >= 4 is 11.4 Å². The van der Waals surface area contributed by atoms with E-state index in [-0.39, 0.29) is 0 Å². The van der Waals surface area contributed by atoms with E-state index in [1.165, 1.54) is 5.56 Å². The average Bonchev–Trinajstić information content (AvgIpc) is 2.34. The molecule has 1 aliphatic heterocycles. The molecule has 0 saturated heterocycles. The van der Waals surface area contributed by atoms with E-state index in [9.17, 15) is 0 Å². The summed E-state index contributed by atoms with van der Waals surface area (Å²) in [6, 6.07) is 14.0. The van der Waals surface area contributed by atoms with Gasteiger partial charge >= 0.3 is 0 Å². The second-order valence-electron chi connectivity index (χ2n) is 3.96. The van der Waals surface area contributed by atoms with Crippen LogP contribution in [-0.2, 0) is 6.61 Å². The Kier molecular flexibility index (Phi) is 2.37. The summed E-state index contributed by atoms with van der Waals surface area (Å²) in [6.07, 6.45) is 0. The first-order valence-electron chi connectivity index (χ1n) is 5.52. The van der Waals surface area contributed by atoms with Crippen LogP contribution in [0.1, 0.15) is 5.56 Å². The number of nitrogens with one attached hydrogen (secondary N) is 1. The van der Waals surface area contributed by atoms with E-state index in [0.717, 1.165) is 29.5 Å². The summed E-state index contributed by atoms with van der Waals surface area (Å²) in [6.45, 7) is 0.734. The minimum absolute atomic E-state index is 0.734. The molecule has 17 heavy (non-hydrogen) atoms. The number of hydrogen-bond donors (Lipinski definition) is 1. The topological polar surface area (TPSA) is 30.5 Å². The van der Waals surface area contributed by atoms with Crippen molar-refractivity contribution in [3.05, 3.63) is 48.0 Å². The average molecular weight is 227 g/mol. The van der Waals surface area contributed by atoms with Gasteiger partial charge < -0.3 is 14.8 Å². The number of anilines is 2. The molecular formula is C14H13NO2. The molecule has 0 fully saturated rings. The van der Waals surface area contributed by atoms with E-state index in [1.807, 2.05) is 30.3 Å². The van der Waals surface area contributed by atoms with Crippen LogP contribution in [0.5, 0.6) is 11.5 Å². The minimum Gasteiger partial charge on any atom is -0.497 e. The molecule has 0 aromatic heterocycles. The molecule has 3 rings (SSSR count). The fourth-order valence-electron chi connectivity index (χ4n) is 1.80. The Bertz CT molecular complexity index is 534. The summed E-state index contributed by atoms with van der Waals surface area (Å²) < 4.78 is 10.4. The fourth-order valence-corrected chi connectivity index (χ4v) is 1.80. The molecular weight excluding hydrogens is 214 g/mol. The Balaban J connectivity index is 1.78. The van der Waals surface area contributed by atoms with Crippen molar-refractivity contribution in [2.45, 2.75) is 6.61 Å². The third-order valence-electron chi connectivity index (χ3n) is 2.83. The first kappa shape index (κ1) is 10.0. The molecule has 2 aromatic carbocycles. The lowest BCUT2D eigenvalue weighted by molar-refractivity contribution is 0.243. The standard InChI is InChI=1S/C14H13NO2/c1-16-13-6-4-11(5-7-13)15-12-3-2-10-9-17-14(10)8-12/h2-8,15H,9H2,1H3. The summed E-state index contributed by atoms with van der Waals surface area (Å²) in [5.74, 6) is 1.83. The van der Waals surface area contributed by atoms with E-state index in [0.29, 0.717) is 0 Å². The van der Waals surface area contributed by atoms with Crippen molar-refractivity contribution in [2.24, 2.45) is 0 Å². The van der Waals surface area contributed by atoms with E-state index < -0.39 is 0 Å². The molecule has 0 atom stereocenters. The molecule has 86 valence electrons. The minimum atomic E-state index is 0.734. The molecule has 3 heteroatoms. The summed E-state index contributed by atoms with van der Waals surface area (Å²) in [5.41, 5.74) is 3.34. The number of methoxy groups -OCH3 is 1. The zero-order valence-corrected chi connectivity index (χ0v) is 9.57. The summed E-state index contributed by atoms with van der Waals surface area (Å²) >= 11 is 0. The van der Waals surface area contributed by atoms with Gasteiger partial charge in [0.2, 0.25) is 0 Å². The van der Waals surface area contributed by atoms with Crippen LogP contribution in [0.25, 0.3) is 0 Å². The van der Waals surface area contributed by atoms with Gasteiger partial charge in [-0.3, -0.25) is 0 Å². The highest BCUT2D eigenvalue weighted by molar-refractivity contribution is 5.63. The second kappa shape index (κ2) is 4.01. The predicted octanol–water partition coefficient (Wildman–Crippen LogP) is 3.33.